The first kappa shape index (κ1) is 17.1. The predicted molar refractivity (Wildman–Crippen MR) is 100 cm³/mol. The standard InChI is InChI=1S/C21H18FN3O2/c22-16-8-6-14(7-9-16)13-24-19(26)21(10-11-21)20(27)25-17-5-1-3-15-4-2-12-23-18(15)17/h1-9,12H,10-11,13H2,(H,24,26)(H,25,27). The predicted octanol–water partition coefficient (Wildman–Crippen LogP) is 3.41. The number of carbonyl (C=O) groups excluding carboxylic acids is 2. The van der Waals surface area contributed by atoms with E-state index in [0.29, 0.717) is 24.0 Å². The van der Waals surface area contributed by atoms with Crippen molar-refractivity contribution >= 4 is 28.4 Å². The molecule has 136 valence electrons. The summed E-state index contributed by atoms with van der Waals surface area (Å²) < 4.78 is 13.0. The van der Waals surface area contributed by atoms with Crippen molar-refractivity contribution in [2.45, 2.75) is 19.4 Å². The highest BCUT2D eigenvalue weighted by Crippen LogP contribution is 2.47. The van der Waals surface area contributed by atoms with Crippen molar-refractivity contribution in [1.82, 2.24) is 10.3 Å². The molecule has 0 spiro atoms. The third kappa shape index (κ3) is 3.38. The van der Waals surface area contributed by atoms with Gasteiger partial charge < -0.3 is 10.6 Å². The van der Waals surface area contributed by atoms with Crippen molar-refractivity contribution in [1.29, 1.82) is 0 Å². The van der Waals surface area contributed by atoms with Gasteiger partial charge in [0, 0.05) is 18.1 Å². The summed E-state index contributed by atoms with van der Waals surface area (Å²) in [5.41, 5.74) is 1.02. The summed E-state index contributed by atoms with van der Waals surface area (Å²) in [5.74, 6) is -0.957. The van der Waals surface area contributed by atoms with Gasteiger partial charge in [0.25, 0.3) is 0 Å². The molecule has 2 N–H and O–H groups in total. The maximum Gasteiger partial charge on any atom is 0.240 e. The summed E-state index contributed by atoms with van der Waals surface area (Å²) in [6, 6.07) is 15.2. The maximum atomic E-state index is 13.0. The largest absolute Gasteiger partial charge is 0.351 e. The third-order valence-electron chi connectivity index (χ3n) is 4.87. The molecule has 0 atom stereocenters. The molecule has 1 fully saturated rings. The highest BCUT2D eigenvalue weighted by atomic mass is 19.1. The van der Waals surface area contributed by atoms with E-state index in [0.717, 1.165) is 10.9 Å². The molecular formula is C21H18FN3O2. The van der Waals surface area contributed by atoms with E-state index in [1.807, 2.05) is 24.3 Å². The minimum atomic E-state index is -1.04. The van der Waals surface area contributed by atoms with E-state index in [1.165, 1.54) is 12.1 Å². The normalized spacial score (nSPS) is 14.6. The number of benzene rings is 2. The van der Waals surface area contributed by atoms with Gasteiger partial charge >= 0.3 is 0 Å². The average molecular weight is 363 g/mol. The number of halogens is 1. The van der Waals surface area contributed by atoms with Gasteiger partial charge in [-0.05, 0) is 42.7 Å². The van der Waals surface area contributed by atoms with Gasteiger partial charge in [-0.25, -0.2) is 4.39 Å². The molecule has 5 nitrogen and oxygen atoms in total. The average Bonchev–Trinajstić information content (AvgIpc) is 3.50. The fourth-order valence-corrected chi connectivity index (χ4v) is 3.08. The maximum absolute atomic E-state index is 13.0. The van der Waals surface area contributed by atoms with Crippen LogP contribution in [0, 0.1) is 11.2 Å². The van der Waals surface area contributed by atoms with E-state index < -0.39 is 5.41 Å². The molecule has 0 radical (unpaired) electrons. The van der Waals surface area contributed by atoms with E-state index in [1.54, 1.807) is 24.4 Å². The molecule has 27 heavy (non-hydrogen) atoms. The van der Waals surface area contributed by atoms with Crippen LogP contribution in [0.4, 0.5) is 10.1 Å². The lowest BCUT2D eigenvalue weighted by atomic mass is 10.0. The highest BCUT2D eigenvalue weighted by Gasteiger charge is 2.56. The number of amides is 2. The van der Waals surface area contributed by atoms with Crippen LogP contribution in [0.2, 0.25) is 0 Å². The molecule has 0 bridgehead atoms. The molecule has 1 aromatic heterocycles. The number of nitrogens with zero attached hydrogens (tertiary/aromatic N) is 1. The molecule has 4 rings (SSSR count). The fraction of sp³-hybridized carbons (Fsp3) is 0.190. The van der Waals surface area contributed by atoms with Crippen molar-refractivity contribution in [2.24, 2.45) is 5.41 Å². The highest BCUT2D eigenvalue weighted by molar-refractivity contribution is 6.14. The van der Waals surface area contributed by atoms with Crippen LogP contribution in [0.1, 0.15) is 18.4 Å². The van der Waals surface area contributed by atoms with Gasteiger partial charge in [0.2, 0.25) is 11.8 Å². The Hall–Kier alpha value is -3.28. The molecule has 3 aromatic rings. The summed E-state index contributed by atoms with van der Waals surface area (Å²) in [7, 11) is 0. The minimum Gasteiger partial charge on any atom is -0.351 e. The van der Waals surface area contributed by atoms with E-state index in [9.17, 15) is 14.0 Å². The molecule has 1 saturated carbocycles. The van der Waals surface area contributed by atoms with Gasteiger partial charge in [-0.1, -0.05) is 30.3 Å². The number of fused-ring (bicyclic) bond motifs is 1. The van der Waals surface area contributed by atoms with Crippen LogP contribution in [0.3, 0.4) is 0 Å². The van der Waals surface area contributed by atoms with Crippen LogP contribution >= 0.6 is 0 Å². The Morgan fingerprint density at radius 2 is 1.74 bits per heavy atom. The molecule has 1 heterocycles. The lowest BCUT2D eigenvalue weighted by Crippen LogP contribution is -2.39. The van der Waals surface area contributed by atoms with Gasteiger partial charge in [0.15, 0.2) is 0 Å². The fourth-order valence-electron chi connectivity index (χ4n) is 3.08. The second-order valence-electron chi connectivity index (χ2n) is 6.73. The Balaban J connectivity index is 1.46. The topological polar surface area (TPSA) is 71.1 Å². The van der Waals surface area contributed by atoms with E-state index >= 15 is 0 Å². The molecule has 0 aliphatic heterocycles. The van der Waals surface area contributed by atoms with Gasteiger partial charge in [0.05, 0.1) is 11.2 Å². The first-order chi connectivity index (χ1) is 13.1. The smallest absolute Gasteiger partial charge is 0.240 e. The first-order valence-corrected chi connectivity index (χ1v) is 8.76. The molecular weight excluding hydrogens is 345 g/mol. The molecule has 2 aromatic carbocycles. The Labute approximate surface area is 155 Å². The Kier molecular flexibility index (Phi) is 4.32. The zero-order valence-electron chi connectivity index (χ0n) is 14.5. The first-order valence-electron chi connectivity index (χ1n) is 8.76. The van der Waals surface area contributed by atoms with Crippen LogP contribution in [0.15, 0.2) is 60.8 Å². The number of hydrogen-bond donors (Lipinski definition) is 2. The zero-order chi connectivity index (χ0) is 18.9. The SMILES string of the molecule is O=C(NCc1ccc(F)cc1)C1(C(=O)Nc2cccc3cccnc23)CC1. The summed E-state index contributed by atoms with van der Waals surface area (Å²) >= 11 is 0. The van der Waals surface area contributed by atoms with Crippen LogP contribution < -0.4 is 10.6 Å². The molecule has 0 saturated heterocycles. The number of para-hydroxylation sites is 1. The number of rotatable bonds is 5. The Morgan fingerprint density at radius 1 is 1.00 bits per heavy atom. The number of nitrogens with one attached hydrogen (secondary N) is 2. The minimum absolute atomic E-state index is 0.254. The quantitative estimate of drug-likeness (QED) is 0.683. The van der Waals surface area contributed by atoms with Gasteiger partial charge in [-0.15, -0.1) is 0 Å². The second kappa shape index (κ2) is 6.79. The van der Waals surface area contributed by atoms with E-state index in [4.69, 9.17) is 0 Å². The molecule has 1 aliphatic carbocycles. The van der Waals surface area contributed by atoms with Crippen molar-refractivity contribution in [2.75, 3.05) is 5.32 Å². The van der Waals surface area contributed by atoms with Crippen LogP contribution in [-0.2, 0) is 16.1 Å². The number of anilines is 1. The molecule has 2 amide bonds. The van der Waals surface area contributed by atoms with Crippen LogP contribution in [0.5, 0.6) is 0 Å². The number of pyridine rings is 1. The molecule has 0 unspecified atom stereocenters. The van der Waals surface area contributed by atoms with Crippen molar-refractivity contribution in [3.63, 3.8) is 0 Å². The second-order valence-corrected chi connectivity index (χ2v) is 6.73. The summed E-state index contributed by atoms with van der Waals surface area (Å²) in [4.78, 5) is 29.7. The van der Waals surface area contributed by atoms with Crippen LogP contribution in [0.25, 0.3) is 10.9 Å². The lowest BCUT2D eigenvalue weighted by molar-refractivity contribution is -0.134. The molecule has 1 aliphatic rings. The van der Waals surface area contributed by atoms with Crippen molar-refractivity contribution in [3.05, 3.63) is 72.2 Å². The zero-order valence-corrected chi connectivity index (χ0v) is 14.5. The van der Waals surface area contributed by atoms with Crippen molar-refractivity contribution < 1.29 is 14.0 Å². The van der Waals surface area contributed by atoms with Gasteiger partial charge in [-0.3, -0.25) is 14.6 Å². The van der Waals surface area contributed by atoms with Gasteiger partial charge in [0.1, 0.15) is 11.2 Å². The van der Waals surface area contributed by atoms with E-state index in [-0.39, 0.29) is 24.2 Å². The van der Waals surface area contributed by atoms with Crippen molar-refractivity contribution in [3.8, 4) is 0 Å². The van der Waals surface area contributed by atoms with Crippen LogP contribution in [-0.4, -0.2) is 16.8 Å². The number of carbonyl (C=O) groups is 2. The lowest BCUT2D eigenvalue weighted by Gasteiger charge is -2.16. The molecule has 6 heteroatoms. The monoisotopic (exact) mass is 363 g/mol. The number of aromatic nitrogens is 1. The Morgan fingerprint density at radius 3 is 2.48 bits per heavy atom. The third-order valence-corrected chi connectivity index (χ3v) is 4.87. The summed E-state index contributed by atoms with van der Waals surface area (Å²) in [6.45, 7) is 0.254. The van der Waals surface area contributed by atoms with Gasteiger partial charge in [-0.2, -0.15) is 0 Å². The number of hydrogen-bond acceptors (Lipinski definition) is 3. The summed E-state index contributed by atoms with van der Waals surface area (Å²) in [5, 5.41) is 6.57. The Bertz CT molecular complexity index is 1010. The van der Waals surface area contributed by atoms with E-state index in [2.05, 4.69) is 15.6 Å². The summed E-state index contributed by atoms with van der Waals surface area (Å²) in [6.07, 6.45) is 2.68.